The smallest absolute Gasteiger partial charge is 0.351 e. The molecular formula is C13H13N5O4. The first-order valence-corrected chi connectivity index (χ1v) is 6.43. The third-order valence-corrected chi connectivity index (χ3v) is 2.83. The molecule has 0 saturated carbocycles. The van der Waals surface area contributed by atoms with Gasteiger partial charge >= 0.3 is 5.97 Å². The zero-order chi connectivity index (χ0) is 15.5. The summed E-state index contributed by atoms with van der Waals surface area (Å²) < 4.78 is 16.1. The first-order chi connectivity index (χ1) is 10.6. The number of nitrogens with two attached hydrogens (primary N) is 2. The number of anilines is 2. The Balaban J connectivity index is 1.61. The SMILES string of the molecule is Nc1nc(N)nc(COC(=O)[C@H]2COc3ccccc3O2)n1. The van der Waals surface area contributed by atoms with Gasteiger partial charge in [0.2, 0.25) is 18.0 Å². The van der Waals surface area contributed by atoms with Gasteiger partial charge in [-0.05, 0) is 12.1 Å². The highest BCUT2D eigenvalue weighted by Gasteiger charge is 2.28. The van der Waals surface area contributed by atoms with Gasteiger partial charge in [0.1, 0.15) is 6.61 Å². The van der Waals surface area contributed by atoms with Crippen molar-refractivity contribution in [2.24, 2.45) is 0 Å². The van der Waals surface area contributed by atoms with Gasteiger partial charge in [-0.15, -0.1) is 0 Å². The van der Waals surface area contributed by atoms with Gasteiger partial charge in [0.05, 0.1) is 0 Å². The molecule has 0 aliphatic carbocycles. The largest absolute Gasteiger partial charge is 0.485 e. The zero-order valence-electron chi connectivity index (χ0n) is 11.4. The van der Waals surface area contributed by atoms with Crippen molar-refractivity contribution in [3.63, 3.8) is 0 Å². The molecule has 0 bridgehead atoms. The molecule has 1 aliphatic heterocycles. The summed E-state index contributed by atoms with van der Waals surface area (Å²) >= 11 is 0. The minimum atomic E-state index is -0.855. The van der Waals surface area contributed by atoms with E-state index in [1.165, 1.54) is 0 Å². The zero-order valence-corrected chi connectivity index (χ0v) is 11.4. The summed E-state index contributed by atoms with van der Waals surface area (Å²) in [6.45, 7) is -0.116. The summed E-state index contributed by atoms with van der Waals surface area (Å²) in [5.41, 5.74) is 10.9. The van der Waals surface area contributed by atoms with Crippen molar-refractivity contribution in [2.75, 3.05) is 18.1 Å². The van der Waals surface area contributed by atoms with Crippen LogP contribution in [0, 0.1) is 0 Å². The maximum atomic E-state index is 12.0. The van der Waals surface area contributed by atoms with E-state index in [2.05, 4.69) is 15.0 Å². The molecule has 114 valence electrons. The number of benzene rings is 1. The van der Waals surface area contributed by atoms with E-state index in [1.54, 1.807) is 18.2 Å². The Hall–Kier alpha value is -3.10. The molecule has 1 aliphatic rings. The van der Waals surface area contributed by atoms with Crippen LogP contribution in [0.15, 0.2) is 24.3 Å². The molecule has 2 heterocycles. The van der Waals surface area contributed by atoms with E-state index in [4.69, 9.17) is 25.7 Å². The molecular weight excluding hydrogens is 290 g/mol. The Morgan fingerprint density at radius 2 is 1.86 bits per heavy atom. The fourth-order valence-corrected chi connectivity index (χ4v) is 1.89. The first-order valence-electron chi connectivity index (χ1n) is 6.43. The summed E-state index contributed by atoms with van der Waals surface area (Å²) in [4.78, 5) is 23.2. The molecule has 9 heteroatoms. The van der Waals surface area contributed by atoms with E-state index in [0.29, 0.717) is 11.5 Å². The van der Waals surface area contributed by atoms with Gasteiger partial charge in [-0.2, -0.15) is 15.0 Å². The van der Waals surface area contributed by atoms with Crippen LogP contribution in [0.3, 0.4) is 0 Å². The highest BCUT2D eigenvalue weighted by Crippen LogP contribution is 2.31. The predicted molar refractivity (Wildman–Crippen MR) is 74.8 cm³/mol. The topological polar surface area (TPSA) is 135 Å². The van der Waals surface area contributed by atoms with Gasteiger partial charge in [-0.25, -0.2) is 4.79 Å². The second-order valence-electron chi connectivity index (χ2n) is 4.44. The highest BCUT2D eigenvalue weighted by atomic mass is 16.6. The molecule has 0 radical (unpaired) electrons. The summed E-state index contributed by atoms with van der Waals surface area (Å²) in [5.74, 6) is 0.575. The van der Waals surface area contributed by atoms with Gasteiger partial charge in [0.15, 0.2) is 23.9 Å². The Morgan fingerprint density at radius 1 is 1.18 bits per heavy atom. The average molecular weight is 303 g/mol. The molecule has 0 saturated heterocycles. The molecule has 1 atom stereocenters. The van der Waals surface area contributed by atoms with Crippen LogP contribution in [0.1, 0.15) is 5.82 Å². The third-order valence-electron chi connectivity index (χ3n) is 2.83. The predicted octanol–water partition coefficient (Wildman–Crippen LogP) is -0.0808. The van der Waals surface area contributed by atoms with Crippen molar-refractivity contribution in [1.29, 1.82) is 0 Å². The van der Waals surface area contributed by atoms with Gasteiger partial charge in [0, 0.05) is 0 Å². The van der Waals surface area contributed by atoms with Crippen molar-refractivity contribution in [3.8, 4) is 11.5 Å². The lowest BCUT2D eigenvalue weighted by atomic mass is 10.2. The van der Waals surface area contributed by atoms with E-state index < -0.39 is 12.1 Å². The summed E-state index contributed by atoms with van der Waals surface area (Å²) in [5, 5.41) is 0. The minimum absolute atomic E-state index is 0.0373. The maximum absolute atomic E-state index is 12.0. The number of fused-ring (bicyclic) bond motifs is 1. The van der Waals surface area contributed by atoms with Crippen molar-refractivity contribution in [2.45, 2.75) is 12.7 Å². The Bertz CT molecular complexity index is 688. The number of hydrogen-bond donors (Lipinski definition) is 2. The van der Waals surface area contributed by atoms with E-state index >= 15 is 0 Å². The van der Waals surface area contributed by atoms with Crippen LogP contribution in [0.2, 0.25) is 0 Å². The number of esters is 1. The van der Waals surface area contributed by atoms with Gasteiger partial charge in [-0.1, -0.05) is 12.1 Å². The number of nitrogen functional groups attached to an aromatic ring is 2. The van der Waals surface area contributed by atoms with Crippen LogP contribution < -0.4 is 20.9 Å². The standard InChI is InChI=1S/C13H13N5O4/c14-12-16-10(17-13(15)18-12)6-21-11(19)9-5-20-7-3-1-2-4-8(7)22-9/h1-4,9H,5-6H2,(H4,14,15,16,17,18)/t9-/m1/s1. The average Bonchev–Trinajstić information content (AvgIpc) is 2.51. The first kappa shape index (κ1) is 13.9. The van der Waals surface area contributed by atoms with Gasteiger partial charge < -0.3 is 25.7 Å². The molecule has 1 aromatic heterocycles. The fourth-order valence-electron chi connectivity index (χ4n) is 1.89. The minimum Gasteiger partial charge on any atom is -0.485 e. The van der Waals surface area contributed by atoms with Crippen molar-refractivity contribution in [1.82, 2.24) is 15.0 Å². The molecule has 9 nitrogen and oxygen atoms in total. The Morgan fingerprint density at radius 3 is 2.59 bits per heavy atom. The second kappa shape index (κ2) is 5.72. The lowest BCUT2D eigenvalue weighted by Gasteiger charge is -2.24. The normalized spacial score (nSPS) is 16.1. The van der Waals surface area contributed by atoms with Crippen molar-refractivity contribution in [3.05, 3.63) is 30.1 Å². The number of aromatic nitrogens is 3. The van der Waals surface area contributed by atoms with E-state index in [0.717, 1.165) is 0 Å². The summed E-state index contributed by atoms with van der Waals surface area (Å²) in [6, 6.07) is 7.07. The molecule has 2 aromatic rings. The molecule has 0 unspecified atom stereocenters. The molecule has 3 rings (SSSR count). The van der Waals surface area contributed by atoms with E-state index in [9.17, 15) is 4.79 Å². The number of rotatable bonds is 3. The Kier molecular flexibility index (Phi) is 3.60. The second-order valence-corrected chi connectivity index (χ2v) is 4.44. The van der Waals surface area contributed by atoms with Crippen molar-refractivity contribution < 1.29 is 19.0 Å². The number of nitrogens with zero attached hydrogens (tertiary/aromatic N) is 3. The lowest BCUT2D eigenvalue weighted by Crippen LogP contribution is -2.37. The third kappa shape index (κ3) is 2.97. The maximum Gasteiger partial charge on any atom is 0.351 e. The number of carbonyl (C=O) groups is 1. The number of para-hydroxylation sites is 2. The Labute approximate surface area is 125 Å². The number of carbonyl (C=O) groups excluding carboxylic acids is 1. The van der Waals surface area contributed by atoms with Crippen LogP contribution in [0.5, 0.6) is 11.5 Å². The van der Waals surface area contributed by atoms with Gasteiger partial charge in [-0.3, -0.25) is 0 Å². The molecule has 0 amide bonds. The number of ether oxygens (including phenoxy) is 3. The van der Waals surface area contributed by atoms with Gasteiger partial charge in [0.25, 0.3) is 0 Å². The summed E-state index contributed by atoms with van der Waals surface area (Å²) in [7, 11) is 0. The molecule has 0 spiro atoms. The van der Waals surface area contributed by atoms with Crippen LogP contribution in [-0.4, -0.2) is 33.6 Å². The molecule has 4 N–H and O–H groups in total. The van der Waals surface area contributed by atoms with Crippen LogP contribution in [-0.2, 0) is 16.1 Å². The lowest BCUT2D eigenvalue weighted by molar-refractivity contribution is -0.156. The van der Waals surface area contributed by atoms with Crippen molar-refractivity contribution >= 4 is 17.9 Å². The van der Waals surface area contributed by atoms with Crippen LogP contribution in [0.4, 0.5) is 11.9 Å². The fraction of sp³-hybridized carbons (Fsp3) is 0.231. The highest BCUT2D eigenvalue weighted by molar-refractivity contribution is 5.75. The summed E-state index contributed by atoms with van der Waals surface area (Å²) in [6.07, 6.45) is -0.855. The molecule has 0 fully saturated rings. The monoisotopic (exact) mass is 303 g/mol. The number of hydrogen-bond acceptors (Lipinski definition) is 9. The van der Waals surface area contributed by atoms with Crippen LogP contribution in [0.25, 0.3) is 0 Å². The van der Waals surface area contributed by atoms with E-state index in [-0.39, 0.29) is 30.9 Å². The molecule has 1 aromatic carbocycles. The quantitative estimate of drug-likeness (QED) is 0.746. The molecule has 22 heavy (non-hydrogen) atoms. The van der Waals surface area contributed by atoms with E-state index in [1.807, 2.05) is 6.07 Å². The van der Waals surface area contributed by atoms with Crippen LogP contribution >= 0.6 is 0 Å².